The second kappa shape index (κ2) is 16.7. The molecule has 2 saturated heterocycles. The second-order valence-electron chi connectivity index (χ2n) is 10.2. The summed E-state index contributed by atoms with van der Waals surface area (Å²) < 4.78 is 58.9. The maximum Gasteiger partial charge on any atom is 0.485 e. The summed E-state index contributed by atoms with van der Waals surface area (Å²) in [6.07, 6.45) is 11.3. The van der Waals surface area contributed by atoms with Crippen molar-refractivity contribution in [2.45, 2.75) is 106 Å². The van der Waals surface area contributed by atoms with E-state index in [0.29, 0.717) is 0 Å². The number of hydrogen-bond acceptors (Lipinski definition) is 7. The fourth-order valence-corrected chi connectivity index (χ4v) is 12.3. The molecule has 0 aromatic heterocycles. The number of halogens is 3. The molecule has 14 heteroatoms. The summed E-state index contributed by atoms with van der Waals surface area (Å²) in [5.74, 6) is 0. The summed E-state index contributed by atoms with van der Waals surface area (Å²) in [6.45, 7) is 8.10. The molecule has 1 radical (unpaired) electrons. The molecule has 3 aliphatic rings. The molecular weight excluding hydrogens is 690 g/mol. The second-order valence-corrected chi connectivity index (χ2v) is 17.4. The zero-order chi connectivity index (χ0) is 30.4. The third-order valence-corrected chi connectivity index (χ3v) is 14.9. The summed E-state index contributed by atoms with van der Waals surface area (Å²) in [7, 11) is -7.47. The van der Waals surface area contributed by atoms with E-state index in [1.54, 1.807) is 0 Å². The SMILES string of the molecule is C1=C\CC/C=C\CC/1.C[C@H]1[C@@H](O)[C@H](O)[C@H](C)P1c1ccccc1P1[C@@H](C)[C@@H](O)[C@H](O)[C@@H]1C.O=S(=O)([O-])C(F)(F)F.[Rh]. The third-order valence-electron chi connectivity index (χ3n) is 7.49. The molecule has 2 heterocycles. The Morgan fingerprint density at radius 2 is 0.902 bits per heavy atom. The van der Waals surface area contributed by atoms with Gasteiger partial charge in [-0.05, 0) is 36.3 Å². The smallest absolute Gasteiger partial charge is 0.485 e. The van der Waals surface area contributed by atoms with Gasteiger partial charge in [-0.3, -0.25) is 0 Å². The van der Waals surface area contributed by atoms with E-state index < -0.39 is 55.9 Å². The fraction of sp³-hybridized carbons (Fsp3) is 0.630. The third kappa shape index (κ3) is 9.86. The predicted molar refractivity (Wildman–Crippen MR) is 154 cm³/mol. The van der Waals surface area contributed by atoms with Crippen LogP contribution in [0, 0.1) is 0 Å². The molecular formula is C27H40F3O7P2RhS-. The molecule has 1 aromatic rings. The Bertz CT molecular complexity index is 1020. The van der Waals surface area contributed by atoms with Crippen LogP contribution in [-0.4, -0.2) is 86.0 Å². The van der Waals surface area contributed by atoms with Crippen LogP contribution in [-0.2, 0) is 29.6 Å². The van der Waals surface area contributed by atoms with Gasteiger partial charge in [0.2, 0.25) is 0 Å². The van der Waals surface area contributed by atoms with E-state index >= 15 is 0 Å². The molecule has 4 rings (SSSR count). The first-order chi connectivity index (χ1) is 18.5. The normalized spacial score (nSPS) is 36.8. The minimum Gasteiger partial charge on any atom is -0.741 e. The van der Waals surface area contributed by atoms with E-state index in [1.807, 2.05) is 39.8 Å². The van der Waals surface area contributed by atoms with Gasteiger partial charge in [0, 0.05) is 42.1 Å². The maximum absolute atomic E-state index is 10.7. The molecule has 2 fully saturated rings. The van der Waals surface area contributed by atoms with Crippen LogP contribution in [0.2, 0.25) is 0 Å². The van der Waals surface area contributed by atoms with Crippen molar-refractivity contribution in [2.75, 3.05) is 0 Å². The van der Waals surface area contributed by atoms with Gasteiger partial charge in [0.15, 0.2) is 10.1 Å². The van der Waals surface area contributed by atoms with E-state index in [1.165, 1.54) is 36.3 Å². The summed E-state index contributed by atoms with van der Waals surface area (Å²) in [4.78, 5) is 0. The van der Waals surface area contributed by atoms with Crippen molar-refractivity contribution in [3.63, 3.8) is 0 Å². The largest absolute Gasteiger partial charge is 0.741 e. The molecule has 0 spiro atoms. The molecule has 0 bridgehead atoms. The molecule has 8 atom stereocenters. The van der Waals surface area contributed by atoms with Gasteiger partial charge in [-0.25, -0.2) is 8.42 Å². The molecule has 41 heavy (non-hydrogen) atoms. The van der Waals surface area contributed by atoms with Gasteiger partial charge in [0.25, 0.3) is 0 Å². The zero-order valence-electron chi connectivity index (χ0n) is 23.3. The topological polar surface area (TPSA) is 138 Å². The van der Waals surface area contributed by atoms with Crippen molar-refractivity contribution in [1.82, 2.24) is 0 Å². The van der Waals surface area contributed by atoms with Gasteiger partial charge in [-0.2, -0.15) is 13.2 Å². The number of alkyl halides is 3. The van der Waals surface area contributed by atoms with Crippen LogP contribution >= 0.6 is 15.8 Å². The average Bonchev–Trinajstić information content (AvgIpc) is 3.16. The molecule has 1 aliphatic carbocycles. The predicted octanol–water partition coefficient (Wildman–Crippen LogP) is 3.65. The first-order valence-corrected chi connectivity index (χ1v) is 17.6. The van der Waals surface area contributed by atoms with Gasteiger partial charge in [0.05, 0.1) is 24.4 Å². The maximum atomic E-state index is 10.7. The molecule has 1 aromatic carbocycles. The molecule has 4 N–H and O–H groups in total. The van der Waals surface area contributed by atoms with Gasteiger partial charge >= 0.3 is 5.51 Å². The van der Waals surface area contributed by atoms with E-state index in [2.05, 4.69) is 36.4 Å². The van der Waals surface area contributed by atoms with Crippen molar-refractivity contribution in [1.29, 1.82) is 0 Å². The molecule has 0 amide bonds. The van der Waals surface area contributed by atoms with Crippen molar-refractivity contribution in [2.24, 2.45) is 0 Å². The first-order valence-electron chi connectivity index (χ1n) is 13.2. The van der Waals surface area contributed by atoms with Crippen molar-refractivity contribution < 1.29 is 66.0 Å². The van der Waals surface area contributed by atoms with Gasteiger partial charge in [-0.15, -0.1) is 0 Å². The Labute approximate surface area is 256 Å². The van der Waals surface area contributed by atoms with E-state index in [0.717, 1.165) is 0 Å². The van der Waals surface area contributed by atoms with E-state index in [9.17, 15) is 33.6 Å². The number of allylic oxidation sites excluding steroid dienone is 4. The van der Waals surface area contributed by atoms with Crippen LogP contribution in [0.15, 0.2) is 48.6 Å². The molecule has 0 unspecified atom stereocenters. The quantitative estimate of drug-likeness (QED) is 0.120. The Balaban J connectivity index is 0.000000407. The Morgan fingerprint density at radius 1 is 0.683 bits per heavy atom. The summed E-state index contributed by atoms with van der Waals surface area (Å²) in [6, 6.07) is 8.28. The summed E-state index contributed by atoms with van der Waals surface area (Å²) >= 11 is 0. The number of rotatable bonds is 2. The van der Waals surface area contributed by atoms with Crippen molar-refractivity contribution in [3.05, 3.63) is 48.6 Å². The Kier molecular flexibility index (Phi) is 15.8. The number of aliphatic hydroxyl groups is 4. The zero-order valence-corrected chi connectivity index (χ0v) is 27.6. The standard InChI is InChI=1S/C18H28O4P2.C8H12.CHF3O3S.Rh/c1-9-15(19)16(20)10(2)23(9)13-7-5-6-8-14(13)24-11(3)17(21)18(22)12(24)4;1-2-4-6-8-7-5-3-1;2-1(3,4)8(5,6)7;/h5-12,15-22H,1-4H3;1-2,7-8H,3-6H2;(H,5,6,7);/p-1/b;2-1-,8-7-;;/t9-,10-,11-,12-,15+,16+,17+,18+;;;/m0.../s1. The fourth-order valence-electron chi connectivity index (χ4n) is 5.18. The van der Waals surface area contributed by atoms with E-state index in [-0.39, 0.29) is 42.1 Å². The van der Waals surface area contributed by atoms with Crippen LogP contribution < -0.4 is 10.6 Å². The van der Waals surface area contributed by atoms with Crippen molar-refractivity contribution >= 4 is 36.6 Å². The van der Waals surface area contributed by atoms with E-state index in [4.69, 9.17) is 13.0 Å². The number of benzene rings is 1. The average molecular weight is 731 g/mol. The molecule has 7 nitrogen and oxygen atoms in total. The van der Waals surface area contributed by atoms with Crippen LogP contribution in [0.25, 0.3) is 0 Å². The molecule has 0 saturated carbocycles. The van der Waals surface area contributed by atoms with Gasteiger partial charge < -0.3 is 25.0 Å². The van der Waals surface area contributed by atoms with Gasteiger partial charge in [0.1, 0.15) is 0 Å². The van der Waals surface area contributed by atoms with Crippen LogP contribution in [0.5, 0.6) is 0 Å². The van der Waals surface area contributed by atoms with Crippen LogP contribution in [0.1, 0.15) is 53.4 Å². The molecule has 237 valence electrons. The number of aliphatic hydroxyl groups excluding tert-OH is 4. The summed E-state index contributed by atoms with van der Waals surface area (Å²) in [5, 5.41) is 43.7. The first kappa shape index (κ1) is 38.7. The Morgan fingerprint density at radius 3 is 1.10 bits per heavy atom. The molecule has 2 aliphatic heterocycles. The van der Waals surface area contributed by atoms with Gasteiger partial charge in [-0.1, -0.05) is 92.1 Å². The van der Waals surface area contributed by atoms with Crippen LogP contribution in [0.4, 0.5) is 13.2 Å². The van der Waals surface area contributed by atoms with Crippen LogP contribution in [0.3, 0.4) is 0 Å². The summed E-state index contributed by atoms with van der Waals surface area (Å²) in [5.41, 5.74) is -5.46. The minimum atomic E-state index is -6.09. The minimum absolute atomic E-state index is 0. The number of hydrogen-bond donors (Lipinski definition) is 4. The van der Waals surface area contributed by atoms with Crippen molar-refractivity contribution in [3.8, 4) is 0 Å². The monoisotopic (exact) mass is 730 g/mol. The Hall–Kier alpha value is -0.277.